The first-order valence-corrected chi connectivity index (χ1v) is 8.15. The maximum atomic E-state index is 13.0. The van der Waals surface area contributed by atoms with Crippen molar-refractivity contribution in [1.29, 1.82) is 0 Å². The molecule has 2 aromatic heterocycles. The van der Waals surface area contributed by atoms with E-state index in [0.29, 0.717) is 16.9 Å². The monoisotopic (exact) mass is 383 g/mol. The molecule has 6 nitrogen and oxygen atoms in total. The van der Waals surface area contributed by atoms with Crippen LogP contribution in [0.2, 0.25) is 0 Å². The topological polar surface area (TPSA) is 83.6 Å². The van der Waals surface area contributed by atoms with Gasteiger partial charge in [-0.2, -0.15) is 13.2 Å². The van der Waals surface area contributed by atoms with Gasteiger partial charge in [0, 0.05) is 11.8 Å². The van der Waals surface area contributed by atoms with Gasteiger partial charge in [-0.05, 0) is 30.3 Å². The molecule has 0 bridgehead atoms. The zero-order valence-electron chi connectivity index (χ0n) is 14.2. The number of nitrogens with one attached hydrogen (secondary N) is 2. The van der Waals surface area contributed by atoms with Gasteiger partial charge < -0.3 is 10.3 Å². The number of amides is 1. The molecule has 2 aromatic carbocycles. The van der Waals surface area contributed by atoms with Gasteiger partial charge in [-0.1, -0.05) is 18.2 Å². The molecule has 4 aromatic rings. The van der Waals surface area contributed by atoms with Crippen LogP contribution >= 0.6 is 0 Å². The van der Waals surface area contributed by atoms with Crippen LogP contribution < -0.4 is 5.32 Å². The fraction of sp³-hybridized carbons (Fsp3) is 0.0526. The molecule has 0 saturated carbocycles. The number of para-hydroxylation sites is 1. The van der Waals surface area contributed by atoms with E-state index < -0.39 is 17.6 Å². The first kappa shape index (κ1) is 17.7. The molecular weight excluding hydrogens is 371 g/mol. The summed E-state index contributed by atoms with van der Waals surface area (Å²) in [5.41, 5.74) is 0.648. The maximum absolute atomic E-state index is 13.0. The van der Waals surface area contributed by atoms with E-state index in [9.17, 15) is 18.0 Å². The Kier molecular flexibility index (Phi) is 4.26. The minimum atomic E-state index is -4.45. The summed E-state index contributed by atoms with van der Waals surface area (Å²) < 4.78 is 38.9. The Morgan fingerprint density at radius 2 is 1.89 bits per heavy atom. The second-order valence-corrected chi connectivity index (χ2v) is 5.91. The second kappa shape index (κ2) is 6.76. The summed E-state index contributed by atoms with van der Waals surface area (Å²) in [6, 6.07) is 11.3. The number of nitrogens with zero attached hydrogens (tertiary/aromatic N) is 3. The van der Waals surface area contributed by atoms with E-state index >= 15 is 0 Å². The zero-order valence-corrected chi connectivity index (χ0v) is 14.2. The number of carbonyl (C=O) groups is 1. The summed E-state index contributed by atoms with van der Waals surface area (Å²) in [6.07, 6.45) is -1.66. The van der Waals surface area contributed by atoms with Gasteiger partial charge >= 0.3 is 6.18 Å². The maximum Gasteiger partial charge on any atom is 0.416 e. The summed E-state index contributed by atoms with van der Waals surface area (Å²) in [6.45, 7) is 0. The van der Waals surface area contributed by atoms with Crippen LogP contribution in [0.3, 0.4) is 0 Å². The molecule has 0 aliphatic carbocycles. The number of imidazole rings is 1. The molecule has 2 heterocycles. The fourth-order valence-electron chi connectivity index (χ4n) is 2.74. The number of aromatic amines is 1. The van der Waals surface area contributed by atoms with E-state index in [4.69, 9.17) is 0 Å². The molecule has 0 saturated heterocycles. The molecule has 0 atom stereocenters. The minimum Gasteiger partial charge on any atom is -0.338 e. The standard InChI is InChI=1S/C19H12F3N5O/c20-19(21,22)12-4-1-3-11(9-12)17-25-14-6-2-5-13(16(14)27-17)18(28)26-15-7-8-23-10-24-15/h1-10H,(H,25,27)(H,23,24,26,28). The lowest BCUT2D eigenvalue weighted by Crippen LogP contribution is -2.13. The van der Waals surface area contributed by atoms with Gasteiger partial charge in [0.25, 0.3) is 5.91 Å². The number of anilines is 1. The van der Waals surface area contributed by atoms with Crippen LogP contribution in [0.5, 0.6) is 0 Å². The summed E-state index contributed by atoms with van der Waals surface area (Å²) in [5.74, 6) is 0.125. The van der Waals surface area contributed by atoms with Crippen molar-refractivity contribution in [2.24, 2.45) is 0 Å². The van der Waals surface area contributed by atoms with Crippen molar-refractivity contribution >= 4 is 22.8 Å². The lowest BCUT2D eigenvalue weighted by Gasteiger charge is -2.07. The number of fused-ring (bicyclic) bond motifs is 1. The number of hydrogen-bond donors (Lipinski definition) is 2. The van der Waals surface area contributed by atoms with Gasteiger partial charge in [-0.3, -0.25) is 4.79 Å². The average molecular weight is 383 g/mol. The van der Waals surface area contributed by atoms with Crippen molar-refractivity contribution in [2.75, 3.05) is 5.32 Å². The number of benzene rings is 2. The predicted octanol–water partition coefficient (Wildman–Crippen LogP) is 4.29. The number of alkyl halides is 3. The van der Waals surface area contributed by atoms with E-state index in [0.717, 1.165) is 12.1 Å². The first-order valence-electron chi connectivity index (χ1n) is 8.15. The average Bonchev–Trinajstić information content (AvgIpc) is 3.12. The molecule has 4 rings (SSSR count). The van der Waals surface area contributed by atoms with Gasteiger partial charge in [0.2, 0.25) is 0 Å². The largest absolute Gasteiger partial charge is 0.416 e. The smallest absolute Gasteiger partial charge is 0.338 e. The Morgan fingerprint density at radius 1 is 1.07 bits per heavy atom. The van der Waals surface area contributed by atoms with Crippen molar-refractivity contribution < 1.29 is 18.0 Å². The number of hydrogen-bond acceptors (Lipinski definition) is 4. The third kappa shape index (κ3) is 3.41. The SMILES string of the molecule is O=C(Nc1ccncn1)c1cccc2[nH]c(-c3cccc(C(F)(F)F)c3)nc12. The van der Waals surface area contributed by atoms with Crippen molar-refractivity contribution in [3.63, 3.8) is 0 Å². The molecule has 0 aliphatic heterocycles. The van der Waals surface area contributed by atoms with Gasteiger partial charge in [0.05, 0.1) is 16.6 Å². The highest BCUT2D eigenvalue weighted by Crippen LogP contribution is 2.32. The zero-order chi connectivity index (χ0) is 19.7. The highest BCUT2D eigenvalue weighted by molar-refractivity contribution is 6.11. The van der Waals surface area contributed by atoms with Gasteiger partial charge in [-0.15, -0.1) is 0 Å². The lowest BCUT2D eigenvalue weighted by molar-refractivity contribution is -0.137. The fourth-order valence-corrected chi connectivity index (χ4v) is 2.74. The molecule has 0 radical (unpaired) electrons. The third-order valence-corrected chi connectivity index (χ3v) is 4.04. The van der Waals surface area contributed by atoms with Crippen LogP contribution in [0.25, 0.3) is 22.4 Å². The van der Waals surface area contributed by atoms with E-state index in [1.54, 1.807) is 18.2 Å². The molecule has 0 spiro atoms. The van der Waals surface area contributed by atoms with Crippen LogP contribution in [-0.4, -0.2) is 25.8 Å². The normalized spacial score (nSPS) is 11.5. The predicted molar refractivity (Wildman–Crippen MR) is 96.5 cm³/mol. The van der Waals surface area contributed by atoms with Crippen LogP contribution in [0.15, 0.2) is 61.1 Å². The van der Waals surface area contributed by atoms with Crippen LogP contribution in [-0.2, 0) is 6.18 Å². The van der Waals surface area contributed by atoms with Gasteiger partial charge in [-0.25, -0.2) is 15.0 Å². The molecule has 0 unspecified atom stereocenters. The quantitative estimate of drug-likeness (QED) is 0.553. The molecular formula is C19H12F3N5O. The summed E-state index contributed by atoms with van der Waals surface area (Å²) in [5, 5.41) is 2.64. The van der Waals surface area contributed by atoms with Gasteiger partial charge in [0.1, 0.15) is 23.5 Å². The molecule has 0 fully saturated rings. The molecule has 9 heteroatoms. The van der Waals surface area contributed by atoms with Crippen molar-refractivity contribution in [3.05, 3.63) is 72.2 Å². The number of H-pyrrole nitrogens is 1. The number of rotatable bonds is 3. The Bertz CT molecular complexity index is 1160. The lowest BCUT2D eigenvalue weighted by atomic mass is 10.1. The number of halogens is 3. The van der Waals surface area contributed by atoms with Gasteiger partial charge in [0.15, 0.2) is 0 Å². The van der Waals surface area contributed by atoms with Crippen molar-refractivity contribution in [1.82, 2.24) is 19.9 Å². The van der Waals surface area contributed by atoms with E-state index in [-0.39, 0.29) is 17.0 Å². The number of aromatic nitrogens is 4. The summed E-state index contributed by atoms with van der Waals surface area (Å²) in [7, 11) is 0. The Labute approximate surface area is 156 Å². The van der Waals surface area contributed by atoms with Crippen LogP contribution in [0, 0.1) is 0 Å². The Morgan fingerprint density at radius 3 is 2.64 bits per heavy atom. The van der Waals surface area contributed by atoms with Crippen LogP contribution in [0.1, 0.15) is 15.9 Å². The van der Waals surface area contributed by atoms with E-state index in [2.05, 4.69) is 25.3 Å². The van der Waals surface area contributed by atoms with E-state index in [1.807, 2.05) is 0 Å². The van der Waals surface area contributed by atoms with Crippen molar-refractivity contribution in [3.8, 4) is 11.4 Å². The van der Waals surface area contributed by atoms with Crippen LogP contribution in [0.4, 0.5) is 19.0 Å². The summed E-state index contributed by atoms with van der Waals surface area (Å²) >= 11 is 0. The third-order valence-electron chi connectivity index (χ3n) is 4.04. The highest BCUT2D eigenvalue weighted by atomic mass is 19.4. The number of carbonyl (C=O) groups excluding carboxylic acids is 1. The minimum absolute atomic E-state index is 0.239. The van der Waals surface area contributed by atoms with Crippen molar-refractivity contribution in [2.45, 2.75) is 6.18 Å². The highest BCUT2D eigenvalue weighted by Gasteiger charge is 2.30. The second-order valence-electron chi connectivity index (χ2n) is 5.91. The van der Waals surface area contributed by atoms with E-state index in [1.165, 1.54) is 30.7 Å². The Hall–Kier alpha value is -3.75. The molecule has 1 amide bonds. The molecule has 140 valence electrons. The molecule has 2 N–H and O–H groups in total. The summed E-state index contributed by atoms with van der Waals surface area (Å²) in [4.78, 5) is 27.6. The molecule has 0 aliphatic rings. The molecule has 28 heavy (non-hydrogen) atoms. The first-order chi connectivity index (χ1) is 13.4. The Balaban J connectivity index is 1.73.